The second kappa shape index (κ2) is 6.10. The van der Waals surface area contributed by atoms with Crippen LogP contribution in [0.25, 0.3) is 17.0 Å². The molecule has 4 heteroatoms. The average molecular weight is 292 g/mol. The van der Waals surface area contributed by atoms with E-state index in [1.165, 1.54) is 12.1 Å². The molecule has 0 amide bonds. The standard InChI is InChI=1S/C18H12O4/c19-17(11-10-13-6-2-1-3-7-13)21-16-12-14-8-4-5-9-15(14)22-18(16)20/h1-12H/b11-10+. The fraction of sp³-hybridized carbons (Fsp3) is 0. The maximum atomic E-state index is 11.8. The van der Waals surface area contributed by atoms with Crippen molar-refractivity contribution < 1.29 is 13.9 Å². The monoisotopic (exact) mass is 292 g/mol. The van der Waals surface area contributed by atoms with E-state index in [0.717, 1.165) is 5.56 Å². The van der Waals surface area contributed by atoms with Crippen molar-refractivity contribution in [2.75, 3.05) is 0 Å². The van der Waals surface area contributed by atoms with Crippen molar-refractivity contribution in [3.63, 3.8) is 0 Å². The topological polar surface area (TPSA) is 56.5 Å². The number of hydrogen-bond acceptors (Lipinski definition) is 4. The number of hydrogen-bond donors (Lipinski definition) is 0. The first-order valence-electron chi connectivity index (χ1n) is 6.70. The van der Waals surface area contributed by atoms with Crippen molar-refractivity contribution in [2.45, 2.75) is 0 Å². The lowest BCUT2D eigenvalue weighted by Crippen LogP contribution is -2.11. The second-order valence-electron chi connectivity index (χ2n) is 4.60. The van der Waals surface area contributed by atoms with Gasteiger partial charge in [0.05, 0.1) is 0 Å². The van der Waals surface area contributed by atoms with Crippen LogP contribution in [0.5, 0.6) is 5.75 Å². The van der Waals surface area contributed by atoms with E-state index in [-0.39, 0.29) is 5.75 Å². The Kier molecular flexibility index (Phi) is 3.83. The quantitative estimate of drug-likeness (QED) is 0.422. The largest absolute Gasteiger partial charge is 0.420 e. The molecule has 3 rings (SSSR count). The van der Waals surface area contributed by atoms with Gasteiger partial charge in [-0.3, -0.25) is 0 Å². The summed E-state index contributed by atoms with van der Waals surface area (Å²) in [5.41, 5.74) is 0.636. The molecule has 0 unspecified atom stereocenters. The van der Waals surface area contributed by atoms with Crippen LogP contribution in [-0.4, -0.2) is 5.97 Å². The molecule has 108 valence electrons. The highest BCUT2D eigenvalue weighted by Gasteiger charge is 2.09. The third kappa shape index (κ3) is 3.12. The van der Waals surface area contributed by atoms with Crippen molar-refractivity contribution in [3.05, 3.63) is 82.7 Å². The predicted molar refractivity (Wildman–Crippen MR) is 83.6 cm³/mol. The molecule has 0 saturated carbocycles. The molecule has 0 bridgehead atoms. The van der Waals surface area contributed by atoms with Gasteiger partial charge >= 0.3 is 11.6 Å². The Labute approximate surface area is 126 Å². The van der Waals surface area contributed by atoms with Crippen molar-refractivity contribution in [3.8, 4) is 5.75 Å². The number of carbonyl (C=O) groups is 1. The third-order valence-electron chi connectivity index (χ3n) is 3.03. The van der Waals surface area contributed by atoms with Crippen LogP contribution < -0.4 is 10.4 Å². The summed E-state index contributed by atoms with van der Waals surface area (Å²) in [5.74, 6) is -0.757. The van der Waals surface area contributed by atoms with Crippen LogP contribution in [0.3, 0.4) is 0 Å². The minimum Gasteiger partial charge on any atom is -0.420 e. The first kappa shape index (κ1) is 13.8. The zero-order valence-corrected chi connectivity index (χ0v) is 11.6. The minimum absolute atomic E-state index is 0.124. The van der Waals surface area contributed by atoms with Gasteiger partial charge in [0.2, 0.25) is 5.75 Å². The molecular formula is C18H12O4. The summed E-state index contributed by atoms with van der Waals surface area (Å²) >= 11 is 0. The highest BCUT2D eigenvalue weighted by atomic mass is 16.5. The zero-order valence-electron chi connectivity index (χ0n) is 11.6. The summed E-state index contributed by atoms with van der Waals surface area (Å²) in [6.07, 6.45) is 2.88. The van der Waals surface area contributed by atoms with Gasteiger partial charge in [-0.25, -0.2) is 9.59 Å². The predicted octanol–water partition coefficient (Wildman–Crippen LogP) is 3.41. The van der Waals surface area contributed by atoms with Gasteiger partial charge in [0.1, 0.15) is 5.58 Å². The molecule has 1 heterocycles. The summed E-state index contributed by atoms with van der Waals surface area (Å²) in [5, 5.41) is 0.692. The van der Waals surface area contributed by atoms with Crippen molar-refractivity contribution in [2.24, 2.45) is 0 Å². The van der Waals surface area contributed by atoms with Gasteiger partial charge < -0.3 is 9.15 Å². The Bertz CT molecular complexity index is 892. The van der Waals surface area contributed by atoms with E-state index in [2.05, 4.69) is 0 Å². The summed E-state index contributed by atoms with van der Waals surface area (Å²) < 4.78 is 10.1. The highest BCUT2D eigenvalue weighted by Crippen LogP contribution is 2.16. The van der Waals surface area contributed by atoms with E-state index in [4.69, 9.17) is 9.15 Å². The van der Waals surface area contributed by atoms with Gasteiger partial charge in [0.15, 0.2) is 0 Å². The molecule has 22 heavy (non-hydrogen) atoms. The van der Waals surface area contributed by atoms with Crippen LogP contribution in [-0.2, 0) is 4.79 Å². The summed E-state index contributed by atoms with van der Waals surface area (Å²) in [6.45, 7) is 0. The number of ether oxygens (including phenoxy) is 1. The molecule has 0 fully saturated rings. The van der Waals surface area contributed by atoms with Crippen LogP contribution in [0.2, 0.25) is 0 Å². The molecule has 0 aliphatic rings. The van der Waals surface area contributed by atoms with E-state index in [9.17, 15) is 9.59 Å². The van der Waals surface area contributed by atoms with Crippen LogP contribution in [0.15, 0.2) is 76.0 Å². The Balaban J connectivity index is 1.81. The number of esters is 1. The molecule has 2 aromatic carbocycles. The Morgan fingerprint density at radius 1 is 1.00 bits per heavy atom. The highest BCUT2D eigenvalue weighted by molar-refractivity contribution is 5.89. The number of rotatable bonds is 3. The van der Waals surface area contributed by atoms with E-state index in [1.807, 2.05) is 36.4 Å². The molecule has 0 radical (unpaired) electrons. The molecule has 4 nitrogen and oxygen atoms in total. The third-order valence-corrected chi connectivity index (χ3v) is 3.03. The fourth-order valence-electron chi connectivity index (χ4n) is 1.98. The lowest BCUT2D eigenvalue weighted by molar-refractivity contribution is -0.129. The van der Waals surface area contributed by atoms with Gasteiger partial charge in [0, 0.05) is 11.5 Å². The van der Waals surface area contributed by atoms with Crippen LogP contribution in [0, 0.1) is 0 Å². The first-order chi connectivity index (χ1) is 10.7. The summed E-state index contributed by atoms with van der Waals surface area (Å²) in [6, 6.07) is 17.8. The number of para-hydroxylation sites is 1. The SMILES string of the molecule is O=C(/C=C/c1ccccc1)Oc1cc2ccccc2oc1=O. The van der Waals surface area contributed by atoms with Crippen LogP contribution in [0.4, 0.5) is 0 Å². The van der Waals surface area contributed by atoms with Gasteiger partial charge in [0.25, 0.3) is 0 Å². The van der Waals surface area contributed by atoms with Gasteiger partial charge in [-0.1, -0.05) is 48.5 Å². The van der Waals surface area contributed by atoms with Gasteiger partial charge in [-0.05, 0) is 23.8 Å². The van der Waals surface area contributed by atoms with Crippen molar-refractivity contribution in [1.29, 1.82) is 0 Å². The van der Waals surface area contributed by atoms with Crippen molar-refractivity contribution >= 4 is 23.0 Å². The number of benzene rings is 2. The smallest absolute Gasteiger partial charge is 0.379 e. The lowest BCUT2D eigenvalue weighted by Gasteiger charge is -2.01. The van der Waals surface area contributed by atoms with E-state index in [1.54, 1.807) is 24.3 Å². The maximum absolute atomic E-state index is 11.8. The number of carbonyl (C=O) groups excluding carboxylic acids is 1. The van der Waals surface area contributed by atoms with E-state index >= 15 is 0 Å². The Morgan fingerprint density at radius 2 is 1.73 bits per heavy atom. The maximum Gasteiger partial charge on any atom is 0.379 e. The Morgan fingerprint density at radius 3 is 2.55 bits per heavy atom. The summed E-state index contributed by atoms with van der Waals surface area (Å²) in [7, 11) is 0. The molecule has 0 atom stereocenters. The Hall–Kier alpha value is -3.14. The lowest BCUT2D eigenvalue weighted by atomic mass is 10.2. The molecule has 0 aliphatic heterocycles. The zero-order chi connectivity index (χ0) is 15.4. The molecule has 0 spiro atoms. The van der Waals surface area contributed by atoms with E-state index in [0.29, 0.717) is 11.0 Å². The van der Waals surface area contributed by atoms with Crippen LogP contribution in [0.1, 0.15) is 5.56 Å². The first-order valence-corrected chi connectivity index (χ1v) is 6.70. The van der Waals surface area contributed by atoms with Crippen LogP contribution >= 0.6 is 0 Å². The fourth-order valence-corrected chi connectivity index (χ4v) is 1.98. The van der Waals surface area contributed by atoms with Gasteiger partial charge in [-0.2, -0.15) is 0 Å². The molecule has 3 aromatic rings. The molecular weight excluding hydrogens is 280 g/mol. The average Bonchev–Trinajstić information content (AvgIpc) is 2.55. The molecule has 0 N–H and O–H groups in total. The summed E-state index contributed by atoms with van der Waals surface area (Å²) in [4.78, 5) is 23.6. The molecule has 0 saturated heterocycles. The normalized spacial score (nSPS) is 10.9. The van der Waals surface area contributed by atoms with E-state index < -0.39 is 11.6 Å². The molecule has 1 aromatic heterocycles. The van der Waals surface area contributed by atoms with Crippen molar-refractivity contribution in [1.82, 2.24) is 0 Å². The van der Waals surface area contributed by atoms with Gasteiger partial charge in [-0.15, -0.1) is 0 Å². The molecule has 0 aliphatic carbocycles. The second-order valence-corrected chi connectivity index (χ2v) is 4.60. The number of fused-ring (bicyclic) bond motifs is 1. The minimum atomic E-state index is -0.680.